The van der Waals surface area contributed by atoms with Gasteiger partial charge in [0.05, 0.1) is 12.2 Å². The van der Waals surface area contributed by atoms with Gasteiger partial charge in [-0.3, -0.25) is 0 Å². The molecular weight excluding hydrogens is 254 g/mol. The summed E-state index contributed by atoms with van der Waals surface area (Å²) in [5.74, 6) is -0.181. The topological polar surface area (TPSA) is 40.5 Å². The molecule has 0 spiro atoms. The second kappa shape index (κ2) is 6.57. The van der Waals surface area contributed by atoms with E-state index in [9.17, 15) is 4.79 Å². The van der Waals surface area contributed by atoms with Crippen LogP contribution in [-0.4, -0.2) is 31.4 Å². The lowest BCUT2D eigenvalue weighted by Gasteiger charge is -2.02. The van der Waals surface area contributed by atoms with Crippen molar-refractivity contribution in [3.8, 4) is 0 Å². The van der Waals surface area contributed by atoms with Crippen molar-refractivity contribution >= 4 is 16.9 Å². The molecule has 0 fully saturated rings. The molecule has 0 bridgehead atoms. The predicted molar refractivity (Wildman–Crippen MR) is 79.1 cm³/mol. The number of hydrogen-bond acceptors (Lipinski definition) is 3. The molecule has 1 aliphatic rings. The van der Waals surface area contributed by atoms with Gasteiger partial charge in [-0.25, -0.2) is 4.79 Å². The van der Waals surface area contributed by atoms with Gasteiger partial charge in [0.2, 0.25) is 0 Å². The molecule has 1 aliphatic heterocycles. The van der Waals surface area contributed by atoms with Crippen LogP contribution in [0.25, 0.3) is 10.9 Å². The van der Waals surface area contributed by atoms with Crippen molar-refractivity contribution in [1.82, 2.24) is 4.57 Å². The second-order valence-electron chi connectivity index (χ2n) is 4.72. The molecule has 0 atom stereocenters. The van der Waals surface area contributed by atoms with Gasteiger partial charge < -0.3 is 14.0 Å². The zero-order valence-corrected chi connectivity index (χ0v) is 12.3. The maximum absolute atomic E-state index is 12.0. The van der Waals surface area contributed by atoms with E-state index in [0.717, 1.165) is 41.5 Å². The third-order valence-corrected chi connectivity index (χ3v) is 3.35. The molecule has 0 unspecified atom stereocenters. The van der Waals surface area contributed by atoms with Gasteiger partial charge in [-0.2, -0.15) is 0 Å². The number of hydrogen-bond donors (Lipinski definition) is 0. The number of ether oxygens (including phenoxy) is 2. The molecule has 0 aliphatic carbocycles. The summed E-state index contributed by atoms with van der Waals surface area (Å²) in [7, 11) is 3.25. The minimum atomic E-state index is -0.181. The number of esters is 1. The molecule has 0 amide bonds. The van der Waals surface area contributed by atoms with Crippen LogP contribution in [0.15, 0.2) is 24.3 Å². The maximum Gasteiger partial charge on any atom is 0.340 e. The summed E-state index contributed by atoms with van der Waals surface area (Å²) < 4.78 is 11.7. The van der Waals surface area contributed by atoms with E-state index in [1.807, 2.05) is 25.1 Å². The Labute approximate surface area is 119 Å². The van der Waals surface area contributed by atoms with E-state index in [4.69, 9.17) is 4.74 Å². The van der Waals surface area contributed by atoms with Crippen LogP contribution in [0.1, 0.15) is 29.4 Å². The van der Waals surface area contributed by atoms with Gasteiger partial charge in [-0.05, 0) is 25.8 Å². The lowest BCUT2D eigenvalue weighted by Crippen LogP contribution is -2.06. The normalized spacial score (nSPS) is 12.8. The summed E-state index contributed by atoms with van der Waals surface area (Å²) in [6.45, 7) is 3.28. The highest BCUT2D eigenvalue weighted by molar-refractivity contribution is 6.06. The maximum atomic E-state index is 12.0. The van der Waals surface area contributed by atoms with Crippen LogP contribution in [0, 0.1) is 0 Å². The van der Waals surface area contributed by atoms with Gasteiger partial charge in [0.25, 0.3) is 0 Å². The Kier molecular flexibility index (Phi) is 4.79. The highest BCUT2D eigenvalue weighted by atomic mass is 16.5. The number of carbonyl (C=O) groups excluding carboxylic acids is 1. The quantitative estimate of drug-likeness (QED) is 0.791. The summed E-state index contributed by atoms with van der Waals surface area (Å²) in [6, 6.07) is 8.07. The standard InChI is InChI=1S/C14H15NO2.C2H6O/c1-2-17-14(16)13-10-6-3-4-7-11(10)15-9-5-8-12(13)15;1-3-2/h3-4,6-7H,2,5,8-9H2,1H3;1-2H3. The molecule has 4 heteroatoms. The molecule has 4 nitrogen and oxygen atoms in total. The highest BCUT2D eigenvalue weighted by Crippen LogP contribution is 2.31. The number of fused-ring (bicyclic) bond motifs is 3. The number of aryl methyl sites for hydroxylation is 1. The Bertz CT molecular complexity index is 601. The van der Waals surface area contributed by atoms with E-state index in [2.05, 4.69) is 15.4 Å². The summed E-state index contributed by atoms with van der Waals surface area (Å²) in [4.78, 5) is 12.0. The van der Waals surface area contributed by atoms with Crippen LogP contribution < -0.4 is 0 Å². The number of benzene rings is 1. The first-order valence-corrected chi connectivity index (χ1v) is 6.91. The molecule has 0 N–H and O–H groups in total. The fourth-order valence-electron chi connectivity index (χ4n) is 2.71. The van der Waals surface area contributed by atoms with E-state index in [0.29, 0.717) is 6.61 Å². The Hall–Kier alpha value is -1.81. The van der Waals surface area contributed by atoms with E-state index in [-0.39, 0.29) is 5.97 Å². The van der Waals surface area contributed by atoms with Crippen LogP contribution in [0.3, 0.4) is 0 Å². The zero-order chi connectivity index (χ0) is 14.5. The summed E-state index contributed by atoms with van der Waals surface area (Å²) in [5.41, 5.74) is 3.08. The Balaban J connectivity index is 0.000000452. The van der Waals surface area contributed by atoms with Crippen molar-refractivity contribution in [1.29, 1.82) is 0 Å². The number of para-hydroxylation sites is 1. The number of methoxy groups -OCH3 is 1. The first-order valence-electron chi connectivity index (χ1n) is 6.91. The van der Waals surface area contributed by atoms with E-state index in [1.54, 1.807) is 14.2 Å². The zero-order valence-electron chi connectivity index (χ0n) is 12.3. The van der Waals surface area contributed by atoms with Gasteiger partial charge in [-0.1, -0.05) is 18.2 Å². The molecule has 0 radical (unpaired) electrons. The lowest BCUT2D eigenvalue weighted by molar-refractivity contribution is 0.0527. The predicted octanol–water partition coefficient (Wildman–Crippen LogP) is 3.03. The van der Waals surface area contributed by atoms with Gasteiger partial charge in [-0.15, -0.1) is 0 Å². The van der Waals surface area contributed by atoms with Crippen molar-refractivity contribution in [2.45, 2.75) is 26.3 Å². The molecule has 2 aromatic rings. The van der Waals surface area contributed by atoms with Crippen molar-refractivity contribution < 1.29 is 14.3 Å². The third-order valence-electron chi connectivity index (χ3n) is 3.35. The Morgan fingerprint density at radius 3 is 2.70 bits per heavy atom. The molecular formula is C16H21NO3. The number of rotatable bonds is 2. The first kappa shape index (κ1) is 14.6. The molecule has 3 rings (SSSR count). The Morgan fingerprint density at radius 2 is 2.00 bits per heavy atom. The van der Waals surface area contributed by atoms with Crippen LogP contribution in [0.2, 0.25) is 0 Å². The van der Waals surface area contributed by atoms with E-state index in [1.165, 1.54) is 0 Å². The molecule has 108 valence electrons. The van der Waals surface area contributed by atoms with Crippen molar-refractivity contribution in [2.75, 3.05) is 20.8 Å². The molecule has 1 aromatic heterocycles. The van der Waals surface area contributed by atoms with Crippen molar-refractivity contribution in [3.05, 3.63) is 35.5 Å². The average molecular weight is 275 g/mol. The molecule has 0 saturated carbocycles. The minimum absolute atomic E-state index is 0.181. The fraction of sp³-hybridized carbons (Fsp3) is 0.438. The second-order valence-corrected chi connectivity index (χ2v) is 4.72. The van der Waals surface area contributed by atoms with Crippen LogP contribution >= 0.6 is 0 Å². The molecule has 1 aromatic carbocycles. The summed E-state index contributed by atoms with van der Waals surface area (Å²) in [5, 5.41) is 1.03. The van der Waals surface area contributed by atoms with Crippen LogP contribution in [0.4, 0.5) is 0 Å². The van der Waals surface area contributed by atoms with Crippen LogP contribution in [-0.2, 0) is 22.4 Å². The minimum Gasteiger partial charge on any atom is -0.462 e. The van der Waals surface area contributed by atoms with Crippen LogP contribution in [0.5, 0.6) is 0 Å². The SMILES string of the molecule is CCOC(=O)c1c2n(c3ccccc13)CCC2.COC. The fourth-order valence-corrected chi connectivity index (χ4v) is 2.71. The monoisotopic (exact) mass is 275 g/mol. The largest absolute Gasteiger partial charge is 0.462 e. The Morgan fingerprint density at radius 1 is 1.30 bits per heavy atom. The number of carbonyl (C=O) groups is 1. The highest BCUT2D eigenvalue weighted by Gasteiger charge is 2.25. The molecule has 2 heterocycles. The van der Waals surface area contributed by atoms with E-state index >= 15 is 0 Å². The third kappa shape index (κ3) is 2.56. The lowest BCUT2D eigenvalue weighted by atomic mass is 10.1. The average Bonchev–Trinajstić information content (AvgIpc) is 2.99. The van der Waals surface area contributed by atoms with Crippen molar-refractivity contribution in [2.24, 2.45) is 0 Å². The van der Waals surface area contributed by atoms with Crippen molar-refractivity contribution in [3.63, 3.8) is 0 Å². The van der Waals surface area contributed by atoms with Gasteiger partial charge in [0.15, 0.2) is 0 Å². The summed E-state index contributed by atoms with van der Waals surface area (Å²) in [6.07, 6.45) is 2.09. The van der Waals surface area contributed by atoms with Gasteiger partial charge in [0, 0.05) is 37.4 Å². The molecule has 0 saturated heterocycles. The smallest absolute Gasteiger partial charge is 0.340 e. The summed E-state index contributed by atoms with van der Waals surface area (Å²) >= 11 is 0. The molecule has 20 heavy (non-hydrogen) atoms. The number of nitrogens with zero attached hydrogens (tertiary/aromatic N) is 1. The van der Waals surface area contributed by atoms with E-state index < -0.39 is 0 Å². The van der Waals surface area contributed by atoms with Gasteiger partial charge in [0.1, 0.15) is 0 Å². The van der Waals surface area contributed by atoms with Gasteiger partial charge >= 0.3 is 5.97 Å². The number of aromatic nitrogens is 1. The first-order chi connectivity index (χ1) is 9.74.